The summed E-state index contributed by atoms with van der Waals surface area (Å²) in [5, 5.41) is 10.2. The summed E-state index contributed by atoms with van der Waals surface area (Å²) in [5.41, 5.74) is 2.94. The molecular formula is C28H41N3O2. The van der Waals surface area contributed by atoms with Crippen LogP contribution in [0.15, 0.2) is 48.5 Å². The first-order chi connectivity index (χ1) is 15.8. The number of hydrogen-bond donors (Lipinski definition) is 1. The van der Waals surface area contributed by atoms with Crippen LogP contribution in [-0.4, -0.2) is 71.0 Å². The van der Waals surface area contributed by atoms with E-state index in [1.54, 1.807) is 11.0 Å². The van der Waals surface area contributed by atoms with Crippen molar-refractivity contribution in [1.29, 1.82) is 0 Å². The highest BCUT2D eigenvalue weighted by Gasteiger charge is 2.34. The Balaban J connectivity index is 1.89. The minimum absolute atomic E-state index is 0.0281. The van der Waals surface area contributed by atoms with Gasteiger partial charge in [0.05, 0.1) is 6.04 Å². The summed E-state index contributed by atoms with van der Waals surface area (Å²) < 4.78 is 0. The van der Waals surface area contributed by atoms with E-state index in [-0.39, 0.29) is 17.7 Å². The molecule has 0 bridgehead atoms. The molecule has 0 aliphatic carbocycles. The van der Waals surface area contributed by atoms with Crippen molar-refractivity contribution in [2.75, 3.05) is 33.2 Å². The predicted molar refractivity (Wildman–Crippen MR) is 136 cm³/mol. The lowest BCUT2D eigenvalue weighted by Crippen LogP contribution is -2.57. The van der Waals surface area contributed by atoms with Gasteiger partial charge in [0, 0.05) is 44.3 Å². The Morgan fingerprint density at radius 2 is 1.76 bits per heavy atom. The Hall–Kier alpha value is -2.37. The number of aromatic hydroxyl groups is 1. The van der Waals surface area contributed by atoms with Crippen molar-refractivity contribution in [3.63, 3.8) is 0 Å². The molecule has 1 aliphatic rings. The van der Waals surface area contributed by atoms with Crippen LogP contribution in [0.25, 0.3) is 0 Å². The number of nitrogens with zero attached hydrogens (tertiary/aromatic N) is 3. The van der Waals surface area contributed by atoms with Gasteiger partial charge in [-0.05, 0) is 69.1 Å². The average molecular weight is 452 g/mol. The van der Waals surface area contributed by atoms with E-state index in [0.29, 0.717) is 24.2 Å². The molecule has 1 saturated heterocycles. The quantitative estimate of drug-likeness (QED) is 0.535. The first-order valence-corrected chi connectivity index (χ1v) is 12.5. The molecule has 0 saturated carbocycles. The van der Waals surface area contributed by atoms with Crippen LogP contribution in [0.1, 0.15) is 74.5 Å². The number of amides is 1. The van der Waals surface area contributed by atoms with Gasteiger partial charge in [-0.15, -0.1) is 0 Å². The lowest BCUT2D eigenvalue weighted by molar-refractivity contribution is 0.0232. The van der Waals surface area contributed by atoms with E-state index in [0.717, 1.165) is 30.8 Å². The number of unbranched alkanes of at least 4 members (excludes halogenated alkanes) is 2. The van der Waals surface area contributed by atoms with Gasteiger partial charge < -0.3 is 10.0 Å². The number of benzene rings is 2. The Morgan fingerprint density at radius 1 is 1.03 bits per heavy atom. The Kier molecular flexibility index (Phi) is 8.93. The van der Waals surface area contributed by atoms with E-state index in [4.69, 9.17) is 0 Å². The topological polar surface area (TPSA) is 47.0 Å². The summed E-state index contributed by atoms with van der Waals surface area (Å²) in [6, 6.07) is 16.5. The van der Waals surface area contributed by atoms with Crippen LogP contribution in [0.3, 0.4) is 0 Å². The number of carbonyl (C=O) groups is 1. The fourth-order valence-corrected chi connectivity index (χ4v) is 4.90. The van der Waals surface area contributed by atoms with E-state index < -0.39 is 0 Å². The van der Waals surface area contributed by atoms with Gasteiger partial charge in [0.15, 0.2) is 0 Å². The highest BCUT2D eigenvalue weighted by atomic mass is 16.3. The van der Waals surface area contributed by atoms with Gasteiger partial charge in [-0.3, -0.25) is 14.6 Å². The molecule has 0 radical (unpaired) electrons. The third-order valence-corrected chi connectivity index (χ3v) is 7.02. The Labute approximate surface area is 200 Å². The van der Waals surface area contributed by atoms with E-state index in [2.05, 4.69) is 48.8 Å². The largest absolute Gasteiger partial charge is 0.508 e. The van der Waals surface area contributed by atoms with Crippen molar-refractivity contribution in [2.24, 2.45) is 0 Å². The molecule has 1 N–H and O–H groups in total. The van der Waals surface area contributed by atoms with Gasteiger partial charge in [-0.2, -0.15) is 0 Å². The molecule has 1 fully saturated rings. The van der Waals surface area contributed by atoms with Crippen molar-refractivity contribution in [3.8, 4) is 5.75 Å². The molecule has 180 valence electrons. The lowest BCUT2D eigenvalue weighted by atomic mass is 9.92. The van der Waals surface area contributed by atoms with E-state index in [9.17, 15) is 9.90 Å². The van der Waals surface area contributed by atoms with Crippen molar-refractivity contribution in [3.05, 3.63) is 65.2 Å². The molecule has 1 heterocycles. The van der Waals surface area contributed by atoms with Gasteiger partial charge in [0.2, 0.25) is 0 Å². The summed E-state index contributed by atoms with van der Waals surface area (Å²) in [4.78, 5) is 19.5. The second-order valence-corrected chi connectivity index (χ2v) is 9.54. The number of phenols is 1. The molecule has 3 atom stereocenters. The molecule has 0 aromatic heterocycles. The minimum Gasteiger partial charge on any atom is -0.508 e. The zero-order valence-electron chi connectivity index (χ0n) is 21.0. The third-order valence-electron chi connectivity index (χ3n) is 7.02. The van der Waals surface area contributed by atoms with Crippen LogP contribution in [0.2, 0.25) is 0 Å². The Bertz CT molecular complexity index is 898. The van der Waals surface area contributed by atoms with Crippen molar-refractivity contribution in [1.82, 2.24) is 14.7 Å². The van der Waals surface area contributed by atoms with E-state index in [1.165, 1.54) is 19.3 Å². The fraction of sp³-hybridized carbons (Fsp3) is 0.536. The normalized spacial score (nSPS) is 20.5. The fourth-order valence-electron chi connectivity index (χ4n) is 4.90. The molecule has 2 aromatic rings. The molecule has 5 nitrogen and oxygen atoms in total. The first-order valence-electron chi connectivity index (χ1n) is 12.5. The third kappa shape index (κ3) is 6.15. The molecule has 2 aromatic carbocycles. The summed E-state index contributed by atoms with van der Waals surface area (Å²) in [5.74, 6) is 0.327. The predicted octanol–water partition coefficient (Wildman–Crippen LogP) is 5.16. The summed E-state index contributed by atoms with van der Waals surface area (Å²) in [6.45, 7) is 12.7. The number of rotatable bonds is 9. The second-order valence-electron chi connectivity index (χ2n) is 9.54. The minimum atomic E-state index is 0.0281. The van der Waals surface area contributed by atoms with Crippen LogP contribution in [0.4, 0.5) is 0 Å². The first kappa shape index (κ1) is 25.3. The van der Waals surface area contributed by atoms with Crippen molar-refractivity contribution in [2.45, 2.75) is 65.1 Å². The molecular weight excluding hydrogens is 410 g/mol. The molecule has 1 amide bonds. The summed E-state index contributed by atoms with van der Waals surface area (Å²) in [7, 11) is 1.83. The zero-order valence-corrected chi connectivity index (χ0v) is 21.0. The maximum atomic E-state index is 12.6. The SMILES string of the molecule is CCCCCN1C[C@H](C)N([C@H](c2ccc(C(=O)N(C)CC)cc2)c2cccc(O)c2)C[C@@H]1C. The van der Waals surface area contributed by atoms with Crippen LogP contribution < -0.4 is 0 Å². The van der Waals surface area contributed by atoms with Gasteiger partial charge in [0.25, 0.3) is 5.91 Å². The standard InChI is InChI=1S/C28H41N3O2/c1-6-8-9-17-30-19-22(4)31(20-21(30)3)27(25-11-10-12-26(32)18-25)23-13-15-24(16-14-23)28(33)29(5)7-2/h10-16,18,21-22,27,32H,6-9,17,19-20H2,1-5H3/t21-,22-,27+/m0/s1. The maximum Gasteiger partial charge on any atom is 0.253 e. The number of piperazine rings is 1. The summed E-state index contributed by atoms with van der Waals surface area (Å²) in [6.07, 6.45) is 3.78. The summed E-state index contributed by atoms with van der Waals surface area (Å²) >= 11 is 0. The number of carbonyl (C=O) groups excluding carboxylic acids is 1. The van der Waals surface area contributed by atoms with Crippen molar-refractivity contribution >= 4 is 5.91 Å². The van der Waals surface area contributed by atoms with E-state index >= 15 is 0 Å². The zero-order chi connectivity index (χ0) is 24.0. The van der Waals surface area contributed by atoms with Gasteiger partial charge in [0.1, 0.15) is 5.75 Å². The molecule has 5 heteroatoms. The smallest absolute Gasteiger partial charge is 0.253 e. The van der Waals surface area contributed by atoms with Gasteiger partial charge >= 0.3 is 0 Å². The average Bonchev–Trinajstić information content (AvgIpc) is 2.81. The Morgan fingerprint density at radius 3 is 2.39 bits per heavy atom. The molecule has 0 unspecified atom stereocenters. The van der Waals surface area contributed by atoms with Crippen LogP contribution in [0, 0.1) is 0 Å². The van der Waals surface area contributed by atoms with Gasteiger partial charge in [-0.25, -0.2) is 0 Å². The highest BCUT2D eigenvalue weighted by molar-refractivity contribution is 5.94. The molecule has 3 rings (SSSR count). The monoisotopic (exact) mass is 451 g/mol. The molecule has 33 heavy (non-hydrogen) atoms. The maximum absolute atomic E-state index is 12.6. The van der Waals surface area contributed by atoms with Crippen LogP contribution in [0.5, 0.6) is 5.75 Å². The van der Waals surface area contributed by atoms with E-state index in [1.807, 2.05) is 38.2 Å². The molecule has 1 aliphatic heterocycles. The highest BCUT2D eigenvalue weighted by Crippen LogP contribution is 2.34. The lowest BCUT2D eigenvalue weighted by Gasteiger charge is -2.47. The van der Waals surface area contributed by atoms with Crippen LogP contribution in [-0.2, 0) is 0 Å². The second kappa shape index (κ2) is 11.7. The van der Waals surface area contributed by atoms with Crippen molar-refractivity contribution < 1.29 is 9.90 Å². The molecule has 0 spiro atoms. The van der Waals surface area contributed by atoms with Crippen LogP contribution >= 0.6 is 0 Å². The van der Waals surface area contributed by atoms with Gasteiger partial charge in [-0.1, -0.05) is 44.0 Å². The number of phenolic OH excluding ortho intramolecular Hbond substituents is 1. The number of hydrogen-bond acceptors (Lipinski definition) is 4.